The minimum Gasteiger partial charge on any atom is -0.758 e. The maximum atomic E-state index is 11.1. The molecular weight excluding hydrogens is 170 g/mol. The Morgan fingerprint density at radius 1 is 1.31 bits per heavy atom. The first kappa shape index (κ1) is 8.19. The summed E-state index contributed by atoms with van der Waals surface area (Å²) in [6.07, 6.45) is 0. The molecule has 0 atom stereocenters. The average Bonchev–Trinajstić information content (AvgIpc) is 2.17. The van der Waals surface area contributed by atoms with Gasteiger partial charge in [-0.1, -0.05) is 6.07 Å². The Kier molecular flexibility index (Phi) is 1.98. The Labute approximate surface area is 76.3 Å². The van der Waals surface area contributed by atoms with Crippen molar-refractivity contribution in [3.63, 3.8) is 0 Å². The van der Waals surface area contributed by atoms with E-state index in [2.05, 4.69) is 0 Å². The standard InChI is InChI=1S/C9H10NO3/c1-10(11)7-3-2-4-8-9(7)13-6-5-12-8/h2-4H,5-6H2,1H3/q-1. The second kappa shape index (κ2) is 3.14. The molecule has 0 aliphatic carbocycles. The number of hydrogen-bond acceptors (Lipinski definition) is 4. The molecule has 0 aromatic heterocycles. The van der Waals surface area contributed by atoms with Gasteiger partial charge in [-0.05, 0) is 19.2 Å². The van der Waals surface area contributed by atoms with E-state index >= 15 is 0 Å². The van der Waals surface area contributed by atoms with Crippen molar-refractivity contribution in [3.05, 3.63) is 23.4 Å². The summed E-state index contributed by atoms with van der Waals surface area (Å²) in [4.78, 5) is 0. The summed E-state index contributed by atoms with van der Waals surface area (Å²) >= 11 is 0. The first-order valence-electron chi connectivity index (χ1n) is 4.08. The van der Waals surface area contributed by atoms with E-state index in [9.17, 15) is 5.21 Å². The predicted octanol–water partition coefficient (Wildman–Crippen LogP) is 1.39. The SMILES string of the molecule is CN([O-])c1cccc2c1OCCO2. The number of rotatable bonds is 1. The van der Waals surface area contributed by atoms with Crippen molar-refractivity contribution in [3.8, 4) is 11.5 Å². The Balaban J connectivity index is 2.46. The molecule has 70 valence electrons. The molecule has 1 heterocycles. The van der Waals surface area contributed by atoms with Crippen LogP contribution in [0.2, 0.25) is 0 Å². The highest BCUT2D eigenvalue weighted by Gasteiger charge is 2.14. The van der Waals surface area contributed by atoms with Crippen LogP contribution in [0.1, 0.15) is 0 Å². The lowest BCUT2D eigenvalue weighted by Gasteiger charge is -2.29. The third-order valence-electron chi connectivity index (χ3n) is 1.88. The van der Waals surface area contributed by atoms with E-state index in [1.807, 2.05) is 0 Å². The minimum atomic E-state index is 0.498. The van der Waals surface area contributed by atoms with Crippen molar-refractivity contribution in [1.29, 1.82) is 0 Å². The van der Waals surface area contributed by atoms with E-state index in [4.69, 9.17) is 9.47 Å². The van der Waals surface area contributed by atoms with Gasteiger partial charge in [0, 0.05) is 0 Å². The lowest BCUT2D eigenvalue weighted by Crippen LogP contribution is -2.18. The molecule has 1 aromatic rings. The van der Waals surface area contributed by atoms with Crippen molar-refractivity contribution in [2.45, 2.75) is 0 Å². The molecule has 0 bridgehead atoms. The average molecular weight is 180 g/mol. The van der Waals surface area contributed by atoms with Crippen molar-refractivity contribution in [2.75, 3.05) is 25.3 Å². The summed E-state index contributed by atoms with van der Waals surface area (Å²) in [5.74, 6) is 1.19. The van der Waals surface area contributed by atoms with Gasteiger partial charge in [0.25, 0.3) is 0 Å². The first-order chi connectivity index (χ1) is 6.29. The highest BCUT2D eigenvalue weighted by molar-refractivity contribution is 5.65. The van der Waals surface area contributed by atoms with Crippen LogP contribution in [0.5, 0.6) is 11.5 Å². The second-order valence-electron chi connectivity index (χ2n) is 2.80. The second-order valence-corrected chi connectivity index (χ2v) is 2.80. The molecule has 0 spiro atoms. The van der Waals surface area contributed by atoms with Gasteiger partial charge in [-0.15, -0.1) is 0 Å². The van der Waals surface area contributed by atoms with E-state index < -0.39 is 0 Å². The lowest BCUT2D eigenvalue weighted by molar-refractivity contribution is 0.172. The van der Waals surface area contributed by atoms with Crippen molar-refractivity contribution in [1.82, 2.24) is 0 Å². The molecule has 0 radical (unpaired) electrons. The highest BCUT2D eigenvalue weighted by atomic mass is 16.6. The maximum Gasteiger partial charge on any atom is 0.183 e. The van der Waals surface area contributed by atoms with Gasteiger partial charge >= 0.3 is 0 Å². The fourth-order valence-corrected chi connectivity index (χ4v) is 1.31. The summed E-state index contributed by atoms with van der Waals surface area (Å²) in [5, 5.41) is 11.9. The monoisotopic (exact) mass is 180 g/mol. The normalized spacial score (nSPS) is 14.0. The number of nitrogens with zero attached hydrogens (tertiary/aromatic N) is 1. The Hall–Kier alpha value is -1.42. The van der Waals surface area contributed by atoms with Gasteiger partial charge in [0.15, 0.2) is 11.5 Å². The van der Waals surface area contributed by atoms with Gasteiger partial charge in [0.1, 0.15) is 13.2 Å². The van der Waals surface area contributed by atoms with E-state index in [0.717, 1.165) is 5.06 Å². The summed E-state index contributed by atoms with van der Waals surface area (Å²) in [6.45, 7) is 1.04. The van der Waals surface area contributed by atoms with Gasteiger partial charge in [-0.25, -0.2) is 0 Å². The molecule has 2 rings (SSSR count). The third-order valence-corrected chi connectivity index (χ3v) is 1.88. The minimum absolute atomic E-state index is 0.498. The van der Waals surface area contributed by atoms with E-state index in [1.54, 1.807) is 18.2 Å². The first-order valence-corrected chi connectivity index (χ1v) is 4.08. The summed E-state index contributed by atoms with van der Waals surface area (Å²) in [6, 6.07) is 5.28. The highest BCUT2D eigenvalue weighted by Crippen LogP contribution is 2.38. The molecule has 0 amide bonds. The Morgan fingerprint density at radius 2 is 2.08 bits per heavy atom. The van der Waals surface area contributed by atoms with Crippen LogP contribution in [0.4, 0.5) is 5.69 Å². The molecule has 0 fully saturated rings. The number of hydrogen-bond donors (Lipinski definition) is 0. The third kappa shape index (κ3) is 1.40. The molecule has 0 unspecified atom stereocenters. The van der Waals surface area contributed by atoms with Gasteiger partial charge < -0.3 is 19.7 Å². The number of benzene rings is 1. The topological polar surface area (TPSA) is 44.8 Å². The number of para-hydroxylation sites is 1. The van der Waals surface area contributed by atoms with Crippen LogP contribution in [0.3, 0.4) is 0 Å². The van der Waals surface area contributed by atoms with E-state index in [0.29, 0.717) is 30.4 Å². The van der Waals surface area contributed by atoms with Crippen LogP contribution < -0.4 is 14.5 Å². The Morgan fingerprint density at radius 3 is 2.85 bits per heavy atom. The predicted molar refractivity (Wildman–Crippen MR) is 49.2 cm³/mol. The molecule has 0 N–H and O–H groups in total. The zero-order valence-corrected chi connectivity index (χ0v) is 7.32. The number of anilines is 1. The molecule has 0 saturated carbocycles. The quantitative estimate of drug-likeness (QED) is 0.612. The fourth-order valence-electron chi connectivity index (χ4n) is 1.31. The van der Waals surface area contributed by atoms with Gasteiger partial charge in [0.2, 0.25) is 0 Å². The van der Waals surface area contributed by atoms with Crippen LogP contribution in [0.15, 0.2) is 18.2 Å². The number of ether oxygens (including phenoxy) is 2. The zero-order valence-electron chi connectivity index (χ0n) is 7.32. The lowest BCUT2D eigenvalue weighted by atomic mass is 10.2. The van der Waals surface area contributed by atoms with Gasteiger partial charge in [0.05, 0.1) is 5.69 Å². The van der Waals surface area contributed by atoms with Crippen molar-refractivity contribution < 1.29 is 9.47 Å². The van der Waals surface area contributed by atoms with Crippen LogP contribution in [0, 0.1) is 5.21 Å². The largest absolute Gasteiger partial charge is 0.758 e. The number of fused-ring (bicyclic) bond motifs is 1. The van der Waals surface area contributed by atoms with Gasteiger partial charge in [-0.3, -0.25) is 0 Å². The maximum absolute atomic E-state index is 11.1. The molecular formula is C9H10NO3-. The van der Waals surface area contributed by atoms with Crippen molar-refractivity contribution >= 4 is 5.69 Å². The number of hydroxylamine groups is 1. The molecule has 4 nitrogen and oxygen atoms in total. The van der Waals surface area contributed by atoms with Crippen LogP contribution in [-0.2, 0) is 0 Å². The molecule has 1 aliphatic rings. The molecule has 1 aromatic carbocycles. The fraction of sp³-hybridized carbons (Fsp3) is 0.333. The van der Waals surface area contributed by atoms with E-state index in [1.165, 1.54) is 7.05 Å². The summed E-state index contributed by atoms with van der Waals surface area (Å²) in [5.41, 5.74) is 0.511. The van der Waals surface area contributed by atoms with Crippen LogP contribution >= 0.6 is 0 Å². The van der Waals surface area contributed by atoms with Gasteiger partial charge in [-0.2, -0.15) is 0 Å². The molecule has 4 heteroatoms. The molecule has 0 saturated heterocycles. The Bertz CT molecular complexity index is 312. The van der Waals surface area contributed by atoms with Crippen LogP contribution in [-0.4, -0.2) is 20.3 Å². The molecule has 1 aliphatic heterocycles. The van der Waals surface area contributed by atoms with Crippen molar-refractivity contribution in [2.24, 2.45) is 0 Å². The zero-order chi connectivity index (χ0) is 9.26. The molecule has 13 heavy (non-hydrogen) atoms. The smallest absolute Gasteiger partial charge is 0.183 e. The van der Waals surface area contributed by atoms with E-state index in [-0.39, 0.29) is 0 Å². The van der Waals surface area contributed by atoms with Crippen LogP contribution in [0.25, 0.3) is 0 Å². The summed E-state index contributed by atoms with van der Waals surface area (Å²) < 4.78 is 10.7. The summed E-state index contributed by atoms with van der Waals surface area (Å²) in [7, 11) is 1.44.